The summed E-state index contributed by atoms with van der Waals surface area (Å²) in [4.78, 5) is 31.5. The molecule has 0 bridgehead atoms. The number of ether oxygens (including phenoxy) is 3. The van der Waals surface area contributed by atoms with E-state index in [1.807, 2.05) is 0 Å². The third-order valence-electron chi connectivity index (χ3n) is 5.53. The summed E-state index contributed by atoms with van der Waals surface area (Å²) in [7, 11) is 0. The summed E-state index contributed by atoms with van der Waals surface area (Å²) in [5, 5.41) is 19.4. The minimum atomic E-state index is -0.778. The van der Waals surface area contributed by atoms with Crippen LogP contribution in [0.2, 0.25) is 0 Å². The number of carbonyl (C=O) groups is 1. The van der Waals surface area contributed by atoms with Gasteiger partial charge in [0.25, 0.3) is 5.56 Å². The number of thiazole rings is 1. The van der Waals surface area contributed by atoms with Crippen molar-refractivity contribution < 1.29 is 29.2 Å². The minimum absolute atomic E-state index is 0.0978. The predicted molar refractivity (Wildman–Crippen MR) is 123 cm³/mol. The standard InChI is InChI=1S/C24H20N2O7S/c1-3-31-23(30)20-12(2)25-24-26(21(20)14-5-7-17-18(10-14)33-11-32-17)22(29)19(34-24)9-13-4-6-15(27)16(28)8-13/h4-10,21,27-28H,3,11H2,1-2H3/b19-9-. The lowest BCUT2D eigenvalue weighted by molar-refractivity contribution is -0.139. The Labute approximate surface area is 197 Å². The zero-order valence-electron chi connectivity index (χ0n) is 18.3. The van der Waals surface area contributed by atoms with Gasteiger partial charge in [-0.15, -0.1) is 0 Å². The number of aromatic hydroxyl groups is 2. The monoisotopic (exact) mass is 480 g/mol. The number of fused-ring (bicyclic) bond motifs is 2. The molecule has 2 aliphatic heterocycles. The van der Waals surface area contributed by atoms with Crippen LogP contribution in [0.15, 0.2) is 57.5 Å². The number of esters is 1. The summed E-state index contributed by atoms with van der Waals surface area (Å²) in [5.74, 6) is 0.0132. The van der Waals surface area contributed by atoms with Crippen molar-refractivity contribution >= 4 is 23.4 Å². The molecule has 174 valence electrons. The summed E-state index contributed by atoms with van der Waals surface area (Å²) in [6.45, 7) is 3.70. The second-order valence-corrected chi connectivity index (χ2v) is 8.67. The summed E-state index contributed by atoms with van der Waals surface area (Å²) < 4.78 is 18.0. The highest BCUT2D eigenvalue weighted by atomic mass is 32.1. The first-order chi connectivity index (χ1) is 16.4. The number of allylic oxidation sites excluding steroid dienone is 1. The van der Waals surface area contributed by atoms with E-state index in [9.17, 15) is 19.8 Å². The molecule has 0 spiro atoms. The van der Waals surface area contributed by atoms with Gasteiger partial charge in [-0.05, 0) is 55.3 Å². The molecule has 3 aromatic rings. The van der Waals surface area contributed by atoms with Crippen LogP contribution in [0.4, 0.5) is 0 Å². The number of hydrogen-bond acceptors (Lipinski definition) is 9. The Balaban J connectivity index is 1.72. The van der Waals surface area contributed by atoms with E-state index in [0.717, 1.165) is 11.3 Å². The number of carbonyl (C=O) groups excluding carboxylic acids is 1. The van der Waals surface area contributed by atoms with E-state index in [4.69, 9.17) is 14.2 Å². The van der Waals surface area contributed by atoms with E-state index in [-0.39, 0.29) is 36.0 Å². The fraction of sp³-hybridized carbons (Fsp3) is 0.208. The van der Waals surface area contributed by atoms with E-state index >= 15 is 0 Å². The van der Waals surface area contributed by atoms with Gasteiger partial charge in [-0.2, -0.15) is 0 Å². The summed E-state index contributed by atoms with van der Waals surface area (Å²) in [6.07, 6.45) is 1.60. The number of nitrogens with zero attached hydrogens (tertiary/aromatic N) is 2. The molecule has 0 radical (unpaired) electrons. The van der Waals surface area contributed by atoms with Crippen molar-refractivity contribution in [2.24, 2.45) is 4.99 Å². The molecule has 1 atom stereocenters. The van der Waals surface area contributed by atoms with Gasteiger partial charge in [0.1, 0.15) is 0 Å². The van der Waals surface area contributed by atoms with Gasteiger partial charge < -0.3 is 24.4 Å². The van der Waals surface area contributed by atoms with Gasteiger partial charge in [-0.1, -0.05) is 23.5 Å². The maximum atomic E-state index is 13.6. The van der Waals surface area contributed by atoms with Crippen LogP contribution in [-0.4, -0.2) is 34.1 Å². The molecule has 1 aromatic heterocycles. The van der Waals surface area contributed by atoms with Gasteiger partial charge in [-0.25, -0.2) is 9.79 Å². The van der Waals surface area contributed by atoms with Crippen molar-refractivity contribution in [2.45, 2.75) is 19.9 Å². The zero-order valence-corrected chi connectivity index (χ0v) is 19.1. The number of hydrogen-bond donors (Lipinski definition) is 2. The Morgan fingerprint density at radius 2 is 2.00 bits per heavy atom. The molecular formula is C24H20N2O7S. The predicted octanol–water partition coefficient (Wildman–Crippen LogP) is 1.94. The number of phenolic OH excluding ortho intramolecular Hbond substituents is 2. The molecule has 0 saturated carbocycles. The van der Waals surface area contributed by atoms with E-state index in [2.05, 4.69) is 4.99 Å². The highest BCUT2D eigenvalue weighted by Crippen LogP contribution is 2.38. The van der Waals surface area contributed by atoms with E-state index in [1.54, 1.807) is 44.2 Å². The molecule has 2 aliphatic rings. The Hall–Kier alpha value is -4.05. The largest absolute Gasteiger partial charge is 0.504 e. The van der Waals surface area contributed by atoms with Crippen molar-refractivity contribution in [1.82, 2.24) is 4.57 Å². The summed E-state index contributed by atoms with van der Waals surface area (Å²) in [5.41, 5.74) is 1.55. The lowest BCUT2D eigenvalue weighted by atomic mass is 9.95. The molecule has 2 N–H and O–H groups in total. The fourth-order valence-electron chi connectivity index (χ4n) is 3.97. The number of aromatic nitrogens is 1. The quantitative estimate of drug-likeness (QED) is 0.433. The van der Waals surface area contributed by atoms with Crippen LogP contribution in [0.5, 0.6) is 23.0 Å². The van der Waals surface area contributed by atoms with Crippen LogP contribution >= 0.6 is 11.3 Å². The maximum Gasteiger partial charge on any atom is 0.338 e. The molecule has 0 saturated heterocycles. The fourth-order valence-corrected chi connectivity index (χ4v) is 5.02. The lowest BCUT2D eigenvalue weighted by Crippen LogP contribution is -2.39. The summed E-state index contributed by atoms with van der Waals surface area (Å²) >= 11 is 1.16. The molecule has 10 heteroatoms. The van der Waals surface area contributed by atoms with E-state index in [0.29, 0.717) is 37.7 Å². The molecular weight excluding hydrogens is 460 g/mol. The molecule has 1 unspecified atom stereocenters. The van der Waals surface area contributed by atoms with Crippen LogP contribution in [0, 0.1) is 0 Å². The van der Waals surface area contributed by atoms with Crippen LogP contribution in [-0.2, 0) is 9.53 Å². The van der Waals surface area contributed by atoms with Gasteiger partial charge in [0.05, 0.1) is 28.5 Å². The van der Waals surface area contributed by atoms with Gasteiger partial charge in [0, 0.05) is 0 Å². The van der Waals surface area contributed by atoms with Crippen molar-refractivity contribution in [2.75, 3.05) is 13.4 Å². The topological polar surface area (TPSA) is 120 Å². The van der Waals surface area contributed by atoms with Crippen molar-refractivity contribution in [1.29, 1.82) is 0 Å². The number of phenols is 2. The lowest BCUT2D eigenvalue weighted by Gasteiger charge is -2.24. The van der Waals surface area contributed by atoms with Crippen LogP contribution < -0.4 is 24.4 Å². The van der Waals surface area contributed by atoms with Crippen molar-refractivity contribution in [3.63, 3.8) is 0 Å². The molecule has 34 heavy (non-hydrogen) atoms. The maximum absolute atomic E-state index is 13.6. The first-order valence-electron chi connectivity index (χ1n) is 10.5. The highest BCUT2D eigenvalue weighted by Gasteiger charge is 2.34. The van der Waals surface area contributed by atoms with Gasteiger partial charge in [0.2, 0.25) is 6.79 Å². The average molecular weight is 480 g/mol. The van der Waals surface area contributed by atoms with Crippen molar-refractivity contribution in [3.05, 3.63) is 78.5 Å². The van der Waals surface area contributed by atoms with E-state index in [1.165, 1.54) is 16.7 Å². The number of rotatable bonds is 4. The normalized spacial score (nSPS) is 16.9. The first kappa shape index (κ1) is 21.8. The smallest absolute Gasteiger partial charge is 0.338 e. The Morgan fingerprint density at radius 1 is 1.21 bits per heavy atom. The number of benzene rings is 2. The molecule has 9 nitrogen and oxygen atoms in total. The molecule has 0 aliphatic carbocycles. The Morgan fingerprint density at radius 3 is 2.76 bits per heavy atom. The molecule has 0 amide bonds. The van der Waals surface area contributed by atoms with Gasteiger partial charge in [0.15, 0.2) is 27.8 Å². The molecule has 5 rings (SSSR count). The van der Waals surface area contributed by atoms with Crippen LogP contribution in [0.3, 0.4) is 0 Å². The third-order valence-corrected chi connectivity index (χ3v) is 6.51. The first-order valence-corrected chi connectivity index (χ1v) is 11.3. The Bertz CT molecular complexity index is 1530. The van der Waals surface area contributed by atoms with Gasteiger partial charge in [-0.3, -0.25) is 9.36 Å². The van der Waals surface area contributed by atoms with Crippen LogP contribution in [0.1, 0.15) is 31.0 Å². The second-order valence-electron chi connectivity index (χ2n) is 7.66. The second kappa shape index (κ2) is 8.38. The SMILES string of the molecule is CCOC(=O)C1=C(C)N=c2s/c(=C\c3ccc(O)c(O)c3)c(=O)n2C1c1ccc2c(c1)OCO2. The molecule has 2 aromatic carbocycles. The van der Waals surface area contributed by atoms with Crippen LogP contribution in [0.25, 0.3) is 6.08 Å². The molecule has 3 heterocycles. The Kier molecular flexibility index (Phi) is 5.37. The minimum Gasteiger partial charge on any atom is -0.504 e. The summed E-state index contributed by atoms with van der Waals surface area (Å²) in [6, 6.07) is 8.78. The average Bonchev–Trinajstić information content (AvgIpc) is 3.39. The zero-order chi connectivity index (χ0) is 24.0. The third kappa shape index (κ3) is 3.61. The molecule has 0 fully saturated rings. The highest BCUT2D eigenvalue weighted by molar-refractivity contribution is 7.07. The van der Waals surface area contributed by atoms with Gasteiger partial charge >= 0.3 is 5.97 Å². The van der Waals surface area contributed by atoms with Crippen molar-refractivity contribution in [3.8, 4) is 23.0 Å². The van der Waals surface area contributed by atoms with E-state index < -0.39 is 12.0 Å².